The van der Waals surface area contributed by atoms with Crippen molar-refractivity contribution in [2.45, 2.75) is 39.2 Å². The van der Waals surface area contributed by atoms with Gasteiger partial charge in [-0.15, -0.1) is 0 Å². The van der Waals surface area contributed by atoms with Gasteiger partial charge in [-0.25, -0.2) is 4.39 Å². The van der Waals surface area contributed by atoms with Crippen molar-refractivity contribution in [1.29, 1.82) is 0 Å². The van der Waals surface area contributed by atoms with Gasteiger partial charge in [0.15, 0.2) is 0 Å². The molecule has 5 nitrogen and oxygen atoms in total. The molecule has 0 aliphatic carbocycles. The van der Waals surface area contributed by atoms with Crippen molar-refractivity contribution in [2.24, 2.45) is 5.41 Å². The molecule has 0 saturated carbocycles. The molecular weight excluding hydrogens is 395 g/mol. The maximum atomic E-state index is 14.2. The lowest BCUT2D eigenvalue weighted by Gasteiger charge is -2.38. The molecule has 2 aliphatic rings. The van der Waals surface area contributed by atoms with E-state index in [1.54, 1.807) is 0 Å². The molecule has 2 N–H and O–H groups in total. The number of likely N-dealkylation sites (tertiary alicyclic amines) is 1. The maximum Gasteiger partial charge on any atom is 0.220 e. The summed E-state index contributed by atoms with van der Waals surface area (Å²) in [5, 5.41) is 13.4. The average Bonchev–Trinajstić information content (AvgIpc) is 3.07. The van der Waals surface area contributed by atoms with E-state index in [-0.39, 0.29) is 23.7 Å². The number of hydrogen-bond acceptors (Lipinski definition) is 4. The van der Waals surface area contributed by atoms with Gasteiger partial charge in [0.1, 0.15) is 24.3 Å². The number of rotatable bonds is 6. The number of amides is 1. The lowest BCUT2D eigenvalue weighted by Crippen LogP contribution is -2.45. The molecule has 31 heavy (non-hydrogen) atoms. The third-order valence-electron chi connectivity index (χ3n) is 6.45. The first-order valence-corrected chi connectivity index (χ1v) is 11.0. The molecule has 2 fully saturated rings. The zero-order valence-electron chi connectivity index (χ0n) is 18.3. The van der Waals surface area contributed by atoms with E-state index in [0.29, 0.717) is 18.7 Å². The third kappa shape index (κ3) is 5.43. The number of benzene rings is 2. The summed E-state index contributed by atoms with van der Waals surface area (Å²) in [7, 11) is 0. The molecule has 0 radical (unpaired) electrons. The Morgan fingerprint density at radius 2 is 1.77 bits per heavy atom. The summed E-state index contributed by atoms with van der Waals surface area (Å²) in [6.45, 7) is 7.16. The van der Waals surface area contributed by atoms with Gasteiger partial charge in [-0.1, -0.05) is 29.3 Å². The SMILES string of the molecule is Cc1cc(C)cc(-c2cc(F)cc(OCC(O)CN3CCC4(CC3)CNC(=O)C4)c2)c1. The zero-order valence-corrected chi connectivity index (χ0v) is 18.3. The number of piperidine rings is 1. The summed E-state index contributed by atoms with van der Waals surface area (Å²) in [5.41, 5.74) is 4.06. The van der Waals surface area contributed by atoms with E-state index in [0.717, 1.165) is 54.7 Å². The molecule has 2 saturated heterocycles. The molecular formula is C25H31FN2O3. The molecule has 2 aromatic carbocycles. The Hall–Kier alpha value is -2.44. The second kappa shape index (κ2) is 8.97. The first kappa shape index (κ1) is 21.8. The number of ether oxygens (including phenoxy) is 1. The topological polar surface area (TPSA) is 61.8 Å². The highest BCUT2D eigenvalue weighted by Gasteiger charge is 2.40. The minimum atomic E-state index is -0.662. The van der Waals surface area contributed by atoms with E-state index >= 15 is 0 Å². The van der Waals surface area contributed by atoms with Crippen molar-refractivity contribution < 1.29 is 19.0 Å². The number of carbonyl (C=O) groups excluding carboxylic acids is 1. The summed E-state index contributed by atoms with van der Waals surface area (Å²) < 4.78 is 20.0. The van der Waals surface area contributed by atoms with Crippen molar-refractivity contribution in [3.05, 3.63) is 53.3 Å². The highest BCUT2D eigenvalue weighted by Crippen LogP contribution is 2.37. The number of aliphatic hydroxyl groups is 1. The number of aryl methyl sites for hydroxylation is 2. The van der Waals surface area contributed by atoms with Crippen LogP contribution >= 0.6 is 0 Å². The van der Waals surface area contributed by atoms with Crippen LogP contribution < -0.4 is 10.1 Å². The number of nitrogens with zero attached hydrogens (tertiary/aromatic N) is 1. The molecule has 1 unspecified atom stereocenters. The van der Waals surface area contributed by atoms with Gasteiger partial charge < -0.3 is 20.1 Å². The Balaban J connectivity index is 1.32. The Morgan fingerprint density at radius 3 is 2.42 bits per heavy atom. The van der Waals surface area contributed by atoms with Gasteiger partial charge >= 0.3 is 0 Å². The van der Waals surface area contributed by atoms with Gasteiger partial charge in [0, 0.05) is 25.6 Å². The van der Waals surface area contributed by atoms with Crippen LogP contribution in [0.15, 0.2) is 36.4 Å². The van der Waals surface area contributed by atoms with Crippen LogP contribution in [0.25, 0.3) is 11.1 Å². The number of β-amino-alcohol motifs (C(OH)–C–C–N with tert-alkyl or cyclic N) is 1. The Labute approximate surface area is 183 Å². The molecule has 0 aromatic heterocycles. The molecule has 6 heteroatoms. The molecule has 2 aromatic rings. The van der Waals surface area contributed by atoms with Crippen LogP contribution in [0.2, 0.25) is 0 Å². The van der Waals surface area contributed by atoms with E-state index in [1.165, 1.54) is 12.1 Å². The van der Waals surface area contributed by atoms with Crippen LogP contribution in [0, 0.1) is 25.1 Å². The second-order valence-electron chi connectivity index (χ2n) is 9.27. The van der Waals surface area contributed by atoms with E-state index in [1.807, 2.05) is 32.0 Å². The molecule has 2 aliphatic heterocycles. The lowest BCUT2D eigenvalue weighted by molar-refractivity contribution is -0.119. The number of nitrogens with one attached hydrogen (secondary N) is 1. The predicted molar refractivity (Wildman–Crippen MR) is 119 cm³/mol. The summed E-state index contributed by atoms with van der Waals surface area (Å²) in [4.78, 5) is 13.8. The first-order valence-electron chi connectivity index (χ1n) is 11.0. The third-order valence-corrected chi connectivity index (χ3v) is 6.45. The lowest BCUT2D eigenvalue weighted by atomic mass is 9.77. The van der Waals surface area contributed by atoms with Gasteiger partial charge in [0.25, 0.3) is 0 Å². The van der Waals surface area contributed by atoms with Crippen LogP contribution in [-0.2, 0) is 4.79 Å². The maximum absolute atomic E-state index is 14.2. The fourth-order valence-electron chi connectivity index (χ4n) is 4.81. The summed E-state index contributed by atoms with van der Waals surface area (Å²) in [5.74, 6) is 0.209. The normalized spacial score (nSPS) is 19.4. The van der Waals surface area contributed by atoms with Gasteiger partial charge in [-0.05, 0) is 68.5 Å². The fourth-order valence-corrected chi connectivity index (χ4v) is 4.81. The van der Waals surface area contributed by atoms with Gasteiger partial charge in [-0.3, -0.25) is 4.79 Å². The summed E-state index contributed by atoms with van der Waals surface area (Å²) >= 11 is 0. The molecule has 1 atom stereocenters. The predicted octanol–water partition coefficient (Wildman–Crippen LogP) is 3.45. The Kier molecular flexibility index (Phi) is 6.30. The fraction of sp³-hybridized carbons (Fsp3) is 0.480. The average molecular weight is 427 g/mol. The van der Waals surface area contributed by atoms with Crippen molar-refractivity contribution in [2.75, 3.05) is 32.8 Å². The standard InChI is InChI=1S/C25H31FN2O3/c1-17-7-18(2)9-19(8-17)20-10-21(26)12-23(11-20)31-15-22(29)14-28-5-3-25(4-6-28)13-24(30)27-16-25/h7-12,22,29H,3-6,13-16H2,1-2H3,(H,27,30). The van der Waals surface area contributed by atoms with Crippen LogP contribution in [-0.4, -0.2) is 54.8 Å². The molecule has 4 rings (SSSR count). The van der Waals surface area contributed by atoms with Crippen LogP contribution in [0.5, 0.6) is 5.75 Å². The van der Waals surface area contributed by atoms with E-state index in [2.05, 4.69) is 16.3 Å². The van der Waals surface area contributed by atoms with Crippen LogP contribution in [0.4, 0.5) is 4.39 Å². The van der Waals surface area contributed by atoms with Crippen LogP contribution in [0.1, 0.15) is 30.4 Å². The van der Waals surface area contributed by atoms with Crippen molar-refractivity contribution >= 4 is 5.91 Å². The molecule has 2 heterocycles. The highest BCUT2D eigenvalue weighted by molar-refractivity contribution is 5.79. The largest absolute Gasteiger partial charge is 0.491 e. The first-order chi connectivity index (χ1) is 14.8. The molecule has 1 spiro atoms. The zero-order chi connectivity index (χ0) is 22.0. The number of aliphatic hydroxyl groups excluding tert-OH is 1. The number of carbonyl (C=O) groups is 1. The van der Waals surface area contributed by atoms with Crippen LogP contribution in [0.3, 0.4) is 0 Å². The Morgan fingerprint density at radius 1 is 1.10 bits per heavy atom. The van der Waals surface area contributed by atoms with Gasteiger partial charge in [0.2, 0.25) is 5.91 Å². The van der Waals surface area contributed by atoms with E-state index in [9.17, 15) is 14.3 Å². The van der Waals surface area contributed by atoms with Crippen molar-refractivity contribution in [3.63, 3.8) is 0 Å². The van der Waals surface area contributed by atoms with Gasteiger partial charge in [0.05, 0.1) is 0 Å². The smallest absolute Gasteiger partial charge is 0.220 e. The monoisotopic (exact) mass is 426 g/mol. The number of halogens is 1. The molecule has 166 valence electrons. The Bertz CT molecular complexity index is 934. The minimum Gasteiger partial charge on any atom is -0.491 e. The van der Waals surface area contributed by atoms with E-state index < -0.39 is 6.10 Å². The summed E-state index contributed by atoms with van der Waals surface area (Å²) in [6, 6.07) is 10.8. The van der Waals surface area contributed by atoms with E-state index in [4.69, 9.17) is 4.74 Å². The summed E-state index contributed by atoms with van der Waals surface area (Å²) in [6.07, 6.45) is 1.88. The molecule has 0 bridgehead atoms. The second-order valence-corrected chi connectivity index (χ2v) is 9.27. The highest BCUT2D eigenvalue weighted by atomic mass is 19.1. The van der Waals surface area contributed by atoms with Gasteiger partial charge in [-0.2, -0.15) is 0 Å². The molecule has 1 amide bonds. The van der Waals surface area contributed by atoms with Crippen molar-refractivity contribution in [1.82, 2.24) is 10.2 Å². The number of hydrogen-bond donors (Lipinski definition) is 2. The minimum absolute atomic E-state index is 0.0984. The van der Waals surface area contributed by atoms with Crippen molar-refractivity contribution in [3.8, 4) is 16.9 Å². The quantitative estimate of drug-likeness (QED) is 0.743.